The quantitative estimate of drug-likeness (QED) is 0.610. The number of halogens is 1. The first-order valence-corrected chi connectivity index (χ1v) is 10.7. The van der Waals surface area contributed by atoms with Gasteiger partial charge in [0, 0.05) is 41.2 Å². The highest BCUT2D eigenvalue weighted by Gasteiger charge is 2.28. The summed E-state index contributed by atoms with van der Waals surface area (Å²) in [5.41, 5.74) is 0. The largest absolute Gasteiger partial charge is 0.355 e. The van der Waals surface area contributed by atoms with E-state index in [0.29, 0.717) is 37.5 Å². The van der Waals surface area contributed by atoms with Gasteiger partial charge in [-0.05, 0) is 37.1 Å². The Kier molecular flexibility index (Phi) is 6.76. The lowest BCUT2D eigenvalue weighted by atomic mass is 9.97. The van der Waals surface area contributed by atoms with E-state index in [4.69, 9.17) is 11.6 Å². The summed E-state index contributed by atoms with van der Waals surface area (Å²) >= 11 is 7.49. The molecule has 1 aromatic rings. The van der Waals surface area contributed by atoms with Crippen LogP contribution in [0.2, 0.25) is 5.02 Å². The molecular formula is C15H21ClN2O3S2. The molecule has 1 aliphatic rings. The van der Waals surface area contributed by atoms with Crippen LogP contribution in [0.25, 0.3) is 0 Å². The lowest BCUT2D eigenvalue weighted by molar-refractivity contribution is -0.125. The third kappa shape index (κ3) is 5.99. The van der Waals surface area contributed by atoms with Crippen molar-refractivity contribution in [3.63, 3.8) is 0 Å². The summed E-state index contributed by atoms with van der Waals surface area (Å²) in [7, 11) is -3.14. The molecule has 0 spiro atoms. The normalized spacial score (nSPS) is 17.1. The van der Waals surface area contributed by atoms with Crippen molar-refractivity contribution in [2.75, 3.05) is 31.6 Å². The van der Waals surface area contributed by atoms with Crippen LogP contribution < -0.4 is 5.32 Å². The Hall–Kier alpha value is -0.760. The molecule has 1 fully saturated rings. The second kappa shape index (κ2) is 8.37. The van der Waals surface area contributed by atoms with Crippen LogP contribution in [-0.2, 0) is 14.8 Å². The van der Waals surface area contributed by atoms with E-state index < -0.39 is 10.0 Å². The maximum Gasteiger partial charge on any atom is 0.223 e. The summed E-state index contributed by atoms with van der Waals surface area (Å²) in [6.07, 6.45) is 2.38. The number of rotatable bonds is 6. The molecular weight excluding hydrogens is 356 g/mol. The highest BCUT2D eigenvalue weighted by Crippen LogP contribution is 2.21. The maximum atomic E-state index is 12.1. The Balaban J connectivity index is 1.67. The van der Waals surface area contributed by atoms with Gasteiger partial charge in [-0.2, -0.15) is 0 Å². The number of hydrogen-bond acceptors (Lipinski definition) is 4. The summed E-state index contributed by atoms with van der Waals surface area (Å²) < 4.78 is 24.3. The number of carbonyl (C=O) groups is 1. The molecule has 1 aromatic carbocycles. The standard InChI is InChI=1S/C15H21ClN2O3S2/c1-23(20,21)18-9-6-12(7-10-18)15(19)17-8-11-22-14-4-2-13(16)3-5-14/h2-5,12H,6-11H2,1H3,(H,17,19). The first-order valence-electron chi connectivity index (χ1n) is 7.47. The van der Waals surface area contributed by atoms with Crippen LogP contribution in [0.15, 0.2) is 29.2 Å². The molecule has 8 heteroatoms. The van der Waals surface area contributed by atoms with E-state index in [0.717, 1.165) is 10.6 Å². The van der Waals surface area contributed by atoms with Gasteiger partial charge in [0.25, 0.3) is 0 Å². The number of nitrogens with zero attached hydrogens (tertiary/aromatic N) is 1. The molecule has 23 heavy (non-hydrogen) atoms. The van der Waals surface area contributed by atoms with E-state index in [-0.39, 0.29) is 11.8 Å². The monoisotopic (exact) mass is 376 g/mol. The summed E-state index contributed by atoms with van der Waals surface area (Å²) in [5.74, 6) is 0.721. The van der Waals surface area contributed by atoms with Crippen molar-refractivity contribution in [3.05, 3.63) is 29.3 Å². The van der Waals surface area contributed by atoms with E-state index in [2.05, 4.69) is 5.32 Å². The minimum Gasteiger partial charge on any atom is -0.355 e. The zero-order chi connectivity index (χ0) is 16.9. The molecule has 0 radical (unpaired) electrons. The van der Waals surface area contributed by atoms with E-state index >= 15 is 0 Å². The molecule has 0 aromatic heterocycles. The van der Waals surface area contributed by atoms with Gasteiger partial charge in [0.15, 0.2) is 0 Å². The number of sulfonamides is 1. The van der Waals surface area contributed by atoms with Crippen molar-refractivity contribution in [1.82, 2.24) is 9.62 Å². The Morgan fingerprint density at radius 1 is 1.30 bits per heavy atom. The average molecular weight is 377 g/mol. The van der Waals surface area contributed by atoms with Crippen molar-refractivity contribution in [1.29, 1.82) is 0 Å². The fourth-order valence-electron chi connectivity index (χ4n) is 2.47. The zero-order valence-corrected chi connectivity index (χ0v) is 15.4. The van der Waals surface area contributed by atoms with Crippen LogP contribution in [0.1, 0.15) is 12.8 Å². The molecule has 1 aliphatic heterocycles. The molecule has 1 saturated heterocycles. The SMILES string of the molecule is CS(=O)(=O)N1CCC(C(=O)NCCSc2ccc(Cl)cc2)CC1. The van der Waals surface area contributed by atoms with Crippen molar-refractivity contribution >= 4 is 39.3 Å². The number of benzene rings is 1. The van der Waals surface area contributed by atoms with E-state index in [1.165, 1.54) is 10.6 Å². The smallest absolute Gasteiger partial charge is 0.223 e. The van der Waals surface area contributed by atoms with Crippen LogP contribution in [-0.4, -0.2) is 50.3 Å². The fraction of sp³-hybridized carbons (Fsp3) is 0.533. The molecule has 0 bridgehead atoms. The minimum absolute atomic E-state index is 0.0230. The van der Waals surface area contributed by atoms with Crippen molar-refractivity contribution < 1.29 is 13.2 Å². The molecule has 5 nitrogen and oxygen atoms in total. The highest BCUT2D eigenvalue weighted by molar-refractivity contribution is 7.99. The number of nitrogens with one attached hydrogen (secondary N) is 1. The predicted molar refractivity (Wildman–Crippen MR) is 94.3 cm³/mol. The first kappa shape index (κ1) is 18.6. The number of hydrogen-bond donors (Lipinski definition) is 1. The van der Waals surface area contributed by atoms with Crippen LogP contribution >= 0.6 is 23.4 Å². The third-order valence-corrected chi connectivity index (χ3v) is 6.35. The Bertz CT molecular complexity index is 627. The van der Waals surface area contributed by atoms with Crippen molar-refractivity contribution in [2.24, 2.45) is 5.92 Å². The Labute approximate surface area is 146 Å². The molecule has 128 valence electrons. The Morgan fingerprint density at radius 3 is 2.48 bits per heavy atom. The molecule has 0 atom stereocenters. The molecule has 1 N–H and O–H groups in total. The van der Waals surface area contributed by atoms with Gasteiger partial charge in [0.2, 0.25) is 15.9 Å². The van der Waals surface area contributed by atoms with E-state index in [1.807, 2.05) is 24.3 Å². The van der Waals surface area contributed by atoms with Gasteiger partial charge < -0.3 is 5.32 Å². The van der Waals surface area contributed by atoms with Crippen LogP contribution in [0.4, 0.5) is 0 Å². The van der Waals surface area contributed by atoms with E-state index in [1.54, 1.807) is 11.8 Å². The summed E-state index contributed by atoms with van der Waals surface area (Å²) in [4.78, 5) is 13.2. The molecule has 0 saturated carbocycles. The molecule has 1 amide bonds. The second-order valence-electron chi connectivity index (χ2n) is 5.53. The highest BCUT2D eigenvalue weighted by atomic mass is 35.5. The fourth-order valence-corrected chi connectivity index (χ4v) is 4.24. The van der Waals surface area contributed by atoms with Crippen molar-refractivity contribution in [2.45, 2.75) is 17.7 Å². The van der Waals surface area contributed by atoms with Gasteiger partial charge in [-0.1, -0.05) is 11.6 Å². The van der Waals surface area contributed by atoms with Gasteiger partial charge in [-0.3, -0.25) is 4.79 Å². The van der Waals surface area contributed by atoms with Crippen LogP contribution in [0.3, 0.4) is 0 Å². The summed E-state index contributed by atoms with van der Waals surface area (Å²) in [6, 6.07) is 7.60. The molecule has 2 rings (SSSR count). The van der Waals surface area contributed by atoms with Crippen LogP contribution in [0.5, 0.6) is 0 Å². The van der Waals surface area contributed by atoms with Gasteiger partial charge in [0.1, 0.15) is 0 Å². The van der Waals surface area contributed by atoms with Crippen molar-refractivity contribution in [3.8, 4) is 0 Å². The molecule has 0 unspecified atom stereocenters. The van der Waals surface area contributed by atoms with Gasteiger partial charge in [-0.15, -0.1) is 11.8 Å². The third-order valence-electron chi connectivity index (χ3n) is 3.78. The van der Waals surface area contributed by atoms with Gasteiger partial charge in [-0.25, -0.2) is 12.7 Å². The lowest BCUT2D eigenvalue weighted by Crippen LogP contribution is -2.42. The van der Waals surface area contributed by atoms with E-state index in [9.17, 15) is 13.2 Å². The number of carbonyl (C=O) groups excluding carboxylic acids is 1. The second-order valence-corrected chi connectivity index (χ2v) is 9.12. The minimum atomic E-state index is -3.14. The number of amides is 1. The zero-order valence-electron chi connectivity index (χ0n) is 13.0. The number of thioether (sulfide) groups is 1. The van der Waals surface area contributed by atoms with Crippen LogP contribution in [0, 0.1) is 5.92 Å². The maximum absolute atomic E-state index is 12.1. The summed E-state index contributed by atoms with van der Waals surface area (Å²) in [6.45, 7) is 1.45. The predicted octanol–water partition coefficient (Wildman–Crippen LogP) is 2.22. The lowest BCUT2D eigenvalue weighted by Gasteiger charge is -2.29. The Morgan fingerprint density at radius 2 is 1.91 bits per heavy atom. The molecule has 0 aliphatic carbocycles. The topological polar surface area (TPSA) is 66.5 Å². The van der Waals surface area contributed by atoms with Gasteiger partial charge >= 0.3 is 0 Å². The molecule has 1 heterocycles. The summed E-state index contributed by atoms with van der Waals surface area (Å²) in [5, 5.41) is 3.64. The average Bonchev–Trinajstić information content (AvgIpc) is 2.52. The number of piperidine rings is 1. The van der Waals surface area contributed by atoms with Gasteiger partial charge in [0.05, 0.1) is 6.26 Å². The first-order chi connectivity index (χ1) is 10.9.